The van der Waals surface area contributed by atoms with Crippen molar-refractivity contribution >= 4 is 35.0 Å². The molecule has 2 aromatic carbocycles. The molecular formula is C24H24N4O6. The largest absolute Gasteiger partial charge is 0.481 e. The molecule has 0 saturated carbocycles. The molecule has 5 rings (SSSR count). The van der Waals surface area contributed by atoms with Crippen LogP contribution in [0.3, 0.4) is 0 Å². The number of nitrogens with one attached hydrogen (secondary N) is 1. The van der Waals surface area contributed by atoms with Gasteiger partial charge in [-0.3, -0.25) is 29.0 Å². The van der Waals surface area contributed by atoms with Crippen molar-refractivity contribution in [2.75, 3.05) is 62.8 Å². The Bertz CT molecular complexity index is 1120. The average Bonchev–Trinajstić information content (AvgIpc) is 3.09. The summed E-state index contributed by atoms with van der Waals surface area (Å²) in [6, 6.07) is 11.5. The molecular weight excluding hydrogens is 440 g/mol. The summed E-state index contributed by atoms with van der Waals surface area (Å²) < 4.78 is 11.0. The maximum absolute atomic E-state index is 12.6. The van der Waals surface area contributed by atoms with Crippen molar-refractivity contribution in [2.24, 2.45) is 0 Å². The molecule has 3 heterocycles. The number of ether oxygens (including phenoxy) is 2. The number of nitrogens with zero attached hydrogens (tertiary/aromatic N) is 3. The van der Waals surface area contributed by atoms with E-state index < -0.39 is 24.3 Å². The topological polar surface area (TPSA) is 108 Å². The number of imide groups is 1. The number of carbonyl (C=O) groups is 4. The van der Waals surface area contributed by atoms with Gasteiger partial charge in [-0.1, -0.05) is 12.1 Å². The highest BCUT2D eigenvalue weighted by Crippen LogP contribution is 2.34. The molecule has 2 aromatic rings. The van der Waals surface area contributed by atoms with E-state index in [1.54, 1.807) is 47.4 Å². The molecule has 0 aliphatic carbocycles. The van der Waals surface area contributed by atoms with Crippen LogP contribution >= 0.6 is 0 Å². The average molecular weight is 464 g/mol. The van der Waals surface area contributed by atoms with E-state index in [0.29, 0.717) is 48.0 Å². The van der Waals surface area contributed by atoms with Gasteiger partial charge in [-0.15, -0.1) is 0 Å². The third-order valence-corrected chi connectivity index (χ3v) is 6.11. The molecule has 0 unspecified atom stereocenters. The van der Waals surface area contributed by atoms with Gasteiger partial charge < -0.3 is 19.7 Å². The molecule has 10 nitrogen and oxygen atoms in total. The molecule has 0 spiro atoms. The van der Waals surface area contributed by atoms with Gasteiger partial charge in [0.1, 0.15) is 12.3 Å². The summed E-state index contributed by atoms with van der Waals surface area (Å²) in [5.41, 5.74) is 1.68. The number of rotatable bonds is 6. The zero-order chi connectivity index (χ0) is 23.7. The fourth-order valence-electron chi connectivity index (χ4n) is 4.32. The summed E-state index contributed by atoms with van der Waals surface area (Å²) in [6.45, 7) is 3.84. The molecule has 0 bridgehead atoms. The van der Waals surface area contributed by atoms with E-state index in [1.807, 2.05) is 0 Å². The Kier molecular flexibility index (Phi) is 5.99. The number of amides is 4. The van der Waals surface area contributed by atoms with Gasteiger partial charge in [0.25, 0.3) is 17.7 Å². The van der Waals surface area contributed by atoms with Crippen LogP contribution in [0.4, 0.5) is 11.4 Å². The monoisotopic (exact) mass is 464 g/mol. The quantitative estimate of drug-likeness (QED) is 0.635. The van der Waals surface area contributed by atoms with Gasteiger partial charge in [0, 0.05) is 37.9 Å². The summed E-state index contributed by atoms with van der Waals surface area (Å²) in [7, 11) is 0. The van der Waals surface area contributed by atoms with Gasteiger partial charge in [-0.05, 0) is 24.3 Å². The molecule has 3 aliphatic rings. The third-order valence-electron chi connectivity index (χ3n) is 6.11. The van der Waals surface area contributed by atoms with Gasteiger partial charge in [0.15, 0.2) is 6.61 Å². The first-order valence-electron chi connectivity index (χ1n) is 11.1. The summed E-state index contributed by atoms with van der Waals surface area (Å²) in [6.07, 6.45) is 0. The van der Waals surface area contributed by atoms with Crippen molar-refractivity contribution in [3.8, 4) is 5.75 Å². The smallest absolute Gasteiger partial charge is 0.265 e. The van der Waals surface area contributed by atoms with Crippen molar-refractivity contribution in [1.29, 1.82) is 0 Å². The molecule has 1 fully saturated rings. The number of morpholine rings is 1. The van der Waals surface area contributed by atoms with E-state index >= 15 is 0 Å². The van der Waals surface area contributed by atoms with Crippen LogP contribution in [0.5, 0.6) is 5.75 Å². The van der Waals surface area contributed by atoms with E-state index in [2.05, 4.69) is 10.2 Å². The van der Waals surface area contributed by atoms with E-state index in [4.69, 9.17) is 9.47 Å². The van der Waals surface area contributed by atoms with Crippen molar-refractivity contribution in [1.82, 2.24) is 9.80 Å². The Morgan fingerprint density at radius 2 is 1.62 bits per heavy atom. The first-order chi connectivity index (χ1) is 16.5. The minimum atomic E-state index is -0.509. The molecule has 0 aromatic heterocycles. The van der Waals surface area contributed by atoms with E-state index in [9.17, 15) is 19.2 Å². The fraction of sp³-hybridized carbons (Fsp3) is 0.333. The third kappa shape index (κ3) is 4.25. The molecule has 176 valence electrons. The van der Waals surface area contributed by atoms with Gasteiger partial charge >= 0.3 is 0 Å². The first kappa shape index (κ1) is 22.1. The molecule has 34 heavy (non-hydrogen) atoms. The zero-order valence-corrected chi connectivity index (χ0v) is 18.5. The Morgan fingerprint density at radius 3 is 2.32 bits per heavy atom. The molecule has 0 atom stereocenters. The van der Waals surface area contributed by atoms with Crippen LogP contribution in [-0.4, -0.2) is 86.0 Å². The van der Waals surface area contributed by atoms with Crippen LogP contribution in [0, 0.1) is 0 Å². The maximum atomic E-state index is 12.6. The second-order valence-corrected chi connectivity index (χ2v) is 8.26. The summed E-state index contributed by atoms with van der Waals surface area (Å²) in [5.74, 6) is -1.12. The van der Waals surface area contributed by atoms with Gasteiger partial charge in [0.2, 0.25) is 5.91 Å². The van der Waals surface area contributed by atoms with Crippen molar-refractivity contribution in [3.05, 3.63) is 53.6 Å². The predicted molar refractivity (Wildman–Crippen MR) is 122 cm³/mol. The lowest BCUT2D eigenvalue weighted by Crippen LogP contribution is -2.45. The molecule has 3 aliphatic heterocycles. The Morgan fingerprint density at radius 1 is 0.912 bits per heavy atom. The number of anilines is 2. The minimum Gasteiger partial charge on any atom is -0.481 e. The Labute approximate surface area is 196 Å². The second-order valence-electron chi connectivity index (χ2n) is 8.26. The van der Waals surface area contributed by atoms with Gasteiger partial charge in [0.05, 0.1) is 30.0 Å². The standard InChI is InChI=1S/C24H24N4O6/c29-21(14-28-23(31)17-3-1-2-4-18(17)24(28)32)25-16-5-6-19-20(13-16)34-15-22(30)27(19)8-7-26-9-11-33-12-10-26/h1-6,13H,7-12,14-15H2,(H,25,29). The van der Waals surface area contributed by atoms with Crippen LogP contribution in [0.1, 0.15) is 20.7 Å². The highest BCUT2D eigenvalue weighted by Gasteiger charge is 2.36. The minimum absolute atomic E-state index is 0.0808. The highest BCUT2D eigenvalue weighted by atomic mass is 16.5. The predicted octanol–water partition coefficient (Wildman–Crippen LogP) is 0.979. The van der Waals surface area contributed by atoms with Crippen LogP contribution in [0.15, 0.2) is 42.5 Å². The maximum Gasteiger partial charge on any atom is 0.265 e. The van der Waals surface area contributed by atoms with Crippen molar-refractivity contribution in [2.45, 2.75) is 0 Å². The number of carbonyl (C=O) groups excluding carboxylic acids is 4. The Balaban J connectivity index is 1.23. The second kappa shape index (κ2) is 9.24. The number of hydrogen-bond donors (Lipinski definition) is 1. The molecule has 10 heteroatoms. The lowest BCUT2D eigenvalue weighted by atomic mass is 10.1. The van der Waals surface area contributed by atoms with Crippen LogP contribution < -0.4 is 15.0 Å². The fourth-order valence-corrected chi connectivity index (χ4v) is 4.32. The van der Waals surface area contributed by atoms with Gasteiger partial charge in [-0.2, -0.15) is 0 Å². The first-order valence-corrected chi connectivity index (χ1v) is 11.1. The number of fused-ring (bicyclic) bond motifs is 2. The lowest BCUT2D eigenvalue weighted by Gasteiger charge is -2.33. The summed E-state index contributed by atoms with van der Waals surface area (Å²) in [4.78, 5) is 54.9. The van der Waals surface area contributed by atoms with E-state index in [1.165, 1.54) is 0 Å². The van der Waals surface area contributed by atoms with Crippen LogP contribution in [0.25, 0.3) is 0 Å². The number of benzene rings is 2. The van der Waals surface area contributed by atoms with Crippen molar-refractivity contribution < 1.29 is 28.7 Å². The molecule has 1 saturated heterocycles. The lowest BCUT2D eigenvalue weighted by molar-refractivity contribution is -0.121. The normalized spacial score (nSPS) is 17.9. The SMILES string of the molecule is O=C(CN1C(=O)c2ccccc2C1=O)Nc1ccc2c(c1)OCC(=O)N2CCN1CCOCC1. The zero-order valence-electron chi connectivity index (χ0n) is 18.5. The van der Waals surface area contributed by atoms with Crippen LogP contribution in [-0.2, 0) is 14.3 Å². The Hall–Kier alpha value is -3.76. The van der Waals surface area contributed by atoms with Gasteiger partial charge in [-0.25, -0.2) is 0 Å². The summed E-state index contributed by atoms with van der Waals surface area (Å²) in [5, 5.41) is 2.71. The van der Waals surface area contributed by atoms with E-state index in [-0.39, 0.29) is 12.5 Å². The van der Waals surface area contributed by atoms with Crippen molar-refractivity contribution in [3.63, 3.8) is 0 Å². The molecule has 0 radical (unpaired) electrons. The van der Waals surface area contributed by atoms with E-state index in [0.717, 1.165) is 24.5 Å². The van der Waals surface area contributed by atoms with Crippen LogP contribution in [0.2, 0.25) is 0 Å². The summed E-state index contributed by atoms with van der Waals surface area (Å²) >= 11 is 0. The number of hydrogen-bond acceptors (Lipinski definition) is 7. The molecule has 1 N–H and O–H groups in total. The highest BCUT2D eigenvalue weighted by molar-refractivity contribution is 6.22. The molecule has 4 amide bonds.